The smallest absolute Gasteiger partial charge is 0.120 e. The molecule has 0 aromatic heterocycles. The van der Waals surface area contributed by atoms with Crippen molar-refractivity contribution in [3.8, 4) is 17.6 Å². The van der Waals surface area contributed by atoms with E-state index in [1.165, 1.54) is 0 Å². The van der Waals surface area contributed by atoms with Crippen LogP contribution in [0.2, 0.25) is 0 Å². The fraction of sp³-hybridized carbons (Fsp3) is 0.0556. The van der Waals surface area contributed by atoms with E-state index in [1.807, 2.05) is 42.5 Å². The lowest BCUT2D eigenvalue weighted by Gasteiger charge is -2.08. The molecular weight excluding hydrogens is 262 g/mol. The largest absolute Gasteiger partial charge is 0.508 e. The van der Waals surface area contributed by atoms with Crippen LogP contribution in [0, 0.1) is 11.3 Å². The number of nitrogens with zero attached hydrogens (tertiary/aromatic N) is 1. The molecule has 3 nitrogen and oxygen atoms in total. The SMILES string of the molecule is N#Cc1ccccc1COc1ccc2ccc(O)cc2c1. The third kappa shape index (κ3) is 2.80. The third-order valence-corrected chi connectivity index (χ3v) is 3.33. The first-order chi connectivity index (χ1) is 10.3. The summed E-state index contributed by atoms with van der Waals surface area (Å²) in [5.41, 5.74) is 1.48. The van der Waals surface area contributed by atoms with Crippen LogP contribution in [0.4, 0.5) is 0 Å². The van der Waals surface area contributed by atoms with Crippen LogP contribution < -0.4 is 4.74 Å². The van der Waals surface area contributed by atoms with Crippen molar-refractivity contribution in [2.45, 2.75) is 6.61 Å². The van der Waals surface area contributed by atoms with Gasteiger partial charge in [-0.25, -0.2) is 0 Å². The van der Waals surface area contributed by atoms with Crippen molar-refractivity contribution in [2.75, 3.05) is 0 Å². The first-order valence-electron chi connectivity index (χ1n) is 6.60. The van der Waals surface area contributed by atoms with Crippen molar-refractivity contribution in [1.29, 1.82) is 5.26 Å². The zero-order chi connectivity index (χ0) is 14.7. The van der Waals surface area contributed by atoms with Crippen LogP contribution in [0.15, 0.2) is 60.7 Å². The maximum absolute atomic E-state index is 9.52. The Bertz CT molecular complexity index is 834. The van der Waals surface area contributed by atoms with Gasteiger partial charge < -0.3 is 9.84 Å². The normalized spacial score (nSPS) is 10.2. The molecule has 0 aliphatic rings. The highest BCUT2D eigenvalue weighted by atomic mass is 16.5. The lowest BCUT2D eigenvalue weighted by molar-refractivity contribution is 0.306. The Hall–Kier alpha value is -2.99. The molecule has 0 aliphatic heterocycles. The lowest BCUT2D eigenvalue weighted by Crippen LogP contribution is -1.98. The minimum absolute atomic E-state index is 0.231. The van der Waals surface area contributed by atoms with Gasteiger partial charge in [0.1, 0.15) is 18.1 Å². The summed E-state index contributed by atoms with van der Waals surface area (Å²) in [6.45, 7) is 0.341. The standard InChI is InChI=1S/C18H13NO2/c19-11-14-3-1-2-4-15(14)12-21-18-8-6-13-5-7-17(20)9-16(13)10-18/h1-10,20H,12H2. The van der Waals surface area contributed by atoms with E-state index in [-0.39, 0.29) is 5.75 Å². The molecule has 1 N–H and O–H groups in total. The third-order valence-electron chi connectivity index (χ3n) is 3.33. The number of benzene rings is 3. The molecule has 21 heavy (non-hydrogen) atoms. The van der Waals surface area contributed by atoms with Gasteiger partial charge in [0.15, 0.2) is 0 Å². The van der Waals surface area contributed by atoms with Crippen LogP contribution in [0.1, 0.15) is 11.1 Å². The van der Waals surface area contributed by atoms with E-state index in [4.69, 9.17) is 10.00 Å². The molecule has 102 valence electrons. The Balaban J connectivity index is 1.84. The molecule has 0 saturated carbocycles. The van der Waals surface area contributed by atoms with Crippen molar-refractivity contribution in [3.05, 3.63) is 71.8 Å². The monoisotopic (exact) mass is 275 g/mol. The minimum atomic E-state index is 0.231. The summed E-state index contributed by atoms with van der Waals surface area (Å²) in [6, 6.07) is 20.5. The van der Waals surface area contributed by atoms with Gasteiger partial charge >= 0.3 is 0 Å². The predicted molar refractivity (Wildman–Crippen MR) is 81.1 cm³/mol. The van der Waals surface area contributed by atoms with Crippen LogP contribution in [-0.2, 0) is 6.61 Å². The fourth-order valence-electron chi connectivity index (χ4n) is 2.22. The summed E-state index contributed by atoms with van der Waals surface area (Å²) in [5, 5.41) is 20.5. The molecule has 0 bridgehead atoms. The van der Waals surface area contributed by atoms with Gasteiger partial charge in [-0.15, -0.1) is 0 Å². The Morgan fingerprint density at radius 1 is 0.952 bits per heavy atom. The van der Waals surface area contributed by atoms with Gasteiger partial charge in [0.25, 0.3) is 0 Å². The molecule has 0 heterocycles. The highest BCUT2D eigenvalue weighted by Gasteiger charge is 2.03. The minimum Gasteiger partial charge on any atom is -0.508 e. The summed E-state index contributed by atoms with van der Waals surface area (Å²) >= 11 is 0. The average molecular weight is 275 g/mol. The maximum Gasteiger partial charge on any atom is 0.120 e. The van der Waals surface area contributed by atoms with E-state index in [2.05, 4.69) is 6.07 Å². The number of phenolic OH excluding ortho intramolecular Hbond substituents is 1. The van der Waals surface area contributed by atoms with Gasteiger partial charge in [-0.2, -0.15) is 5.26 Å². The van der Waals surface area contributed by atoms with E-state index in [0.29, 0.717) is 17.9 Å². The van der Waals surface area contributed by atoms with Crippen LogP contribution in [0.3, 0.4) is 0 Å². The molecule has 0 spiro atoms. The Morgan fingerprint density at radius 3 is 2.62 bits per heavy atom. The molecular formula is C18H13NO2. The van der Waals surface area contributed by atoms with Crippen LogP contribution in [0.25, 0.3) is 10.8 Å². The van der Waals surface area contributed by atoms with E-state index in [1.54, 1.807) is 18.2 Å². The van der Waals surface area contributed by atoms with Gasteiger partial charge in [0, 0.05) is 5.56 Å². The molecule has 0 unspecified atom stereocenters. The predicted octanol–water partition coefficient (Wildman–Crippen LogP) is 4.00. The van der Waals surface area contributed by atoms with E-state index < -0.39 is 0 Å². The Morgan fingerprint density at radius 2 is 1.76 bits per heavy atom. The molecule has 0 fully saturated rings. The molecule has 0 saturated heterocycles. The van der Waals surface area contributed by atoms with Crippen molar-refractivity contribution in [1.82, 2.24) is 0 Å². The number of fused-ring (bicyclic) bond motifs is 1. The fourth-order valence-corrected chi connectivity index (χ4v) is 2.22. The van der Waals surface area contributed by atoms with Gasteiger partial charge in [0.05, 0.1) is 11.6 Å². The molecule has 0 radical (unpaired) electrons. The second-order valence-electron chi connectivity index (χ2n) is 4.75. The summed E-state index contributed by atoms with van der Waals surface area (Å²) in [7, 11) is 0. The lowest BCUT2D eigenvalue weighted by atomic mass is 10.1. The van der Waals surface area contributed by atoms with E-state index in [9.17, 15) is 5.11 Å². The number of aromatic hydroxyl groups is 1. The van der Waals surface area contributed by atoms with Crippen molar-refractivity contribution >= 4 is 10.8 Å². The van der Waals surface area contributed by atoms with Crippen molar-refractivity contribution < 1.29 is 9.84 Å². The molecule has 3 heteroatoms. The highest BCUT2D eigenvalue weighted by Crippen LogP contribution is 2.25. The van der Waals surface area contributed by atoms with Gasteiger partial charge in [0.2, 0.25) is 0 Å². The second-order valence-corrected chi connectivity index (χ2v) is 4.75. The summed E-state index contributed by atoms with van der Waals surface area (Å²) < 4.78 is 5.75. The maximum atomic E-state index is 9.52. The van der Waals surface area contributed by atoms with Gasteiger partial charge in [-0.05, 0) is 41.1 Å². The zero-order valence-electron chi connectivity index (χ0n) is 11.3. The summed E-state index contributed by atoms with van der Waals surface area (Å²) in [5.74, 6) is 0.940. The average Bonchev–Trinajstić information content (AvgIpc) is 2.52. The molecule has 0 aliphatic carbocycles. The van der Waals surface area contributed by atoms with Crippen molar-refractivity contribution in [2.24, 2.45) is 0 Å². The molecule has 0 amide bonds. The first kappa shape index (κ1) is 13.0. The number of rotatable bonds is 3. The first-order valence-corrected chi connectivity index (χ1v) is 6.60. The second kappa shape index (κ2) is 5.56. The molecule has 0 atom stereocenters. The van der Waals surface area contributed by atoms with Crippen LogP contribution >= 0.6 is 0 Å². The van der Waals surface area contributed by atoms with E-state index in [0.717, 1.165) is 16.3 Å². The van der Waals surface area contributed by atoms with Gasteiger partial charge in [-0.3, -0.25) is 0 Å². The van der Waals surface area contributed by atoms with E-state index >= 15 is 0 Å². The molecule has 3 aromatic rings. The van der Waals surface area contributed by atoms with Crippen LogP contribution in [-0.4, -0.2) is 5.11 Å². The zero-order valence-corrected chi connectivity index (χ0v) is 11.3. The number of hydrogen-bond donors (Lipinski definition) is 1. The number of nitriles is 1. The molecule has 3 rings (SSSR count). The summed E-state index contributed by atoms with van der Waals surface area (Å²) in [4.78, 5) is 0. The summed E-state index contributed by atoms with van der Waals surface area (Å²) in [6.07, 6.45) is 0. The van der Waals surface area contributed by atoms with Gasteiger partial charge in [-0.1, -0.05) is 30.3 Å². The van der Waals surface area contributed by atoms with Crippen molar-refractivity contribution in [3.63, 3.8) is 0 Å². The quantitative estimate of drug-likeness (QED) is 0.786. The highest BCUT2D eigenvalue weighted by molar-refractivity contribution is 5.85. The number of phenols is 1. The topological polar surface area (TPSA) is 53.2 Å². The van der Waals surface area contributed by atoms with Crippen LogP contribution in [0.5, 0.6) is 11.5 Å². The Kier molecular flexibility index (Phi) is 3.44. The number of hydrogen-bond acceptors (Lipinski definition) is 3. The molecule has 3 aromatic carbocycles. The number of ether oxygens (including phenoxy) is 1. The Labute approximate surface area is 122 Å².